The zero-order chi connectivity index (χ0) is 21.0. The fourth-order valence-electron chi connectivity index (χ4n) is 4.34. The molecule has 2 aromatic rings. The number of hydrogen-bond donors (Lipinski definition) is 1. The van der Waals surface area contributed by atoms with Crippen molar-refractivity contribution in [2.45, 2.75) is 78.4 Å². The number of fused-ring (bicyclic) bond motifs is 1. The Bertz CT molecular complexity index is 856. The lowest BCUT2D eigenvalue weighted by Crippen LogP contribution is -2.44. The molecule has 1 aliphatic rings. The zero-order valence-electron chi connectivity index (χ0n) is 18.1. The third-order valence-corrected chi connectivity index (χ3v) is 6.20. The van der Waals surface area contributed by atoms with Crippen molar-refractivity contribution in [2.24, 2.45) is 5.92 Å². The van der Waals surface area contributed by atoms with Crippen LogP contribution in [0.15, 0.2) is 24.3 Å². The molecule has 1 aromatic heterocycles. The number of hydrogen-bond acceptors (Lipinski definition) is 3. The SMILES string of the molecule is CCC(CC)C(=O)NC(C)c1nc2ccccc2n1CC(=O)N1CCCCC1C. The Morgan fingerprint density at radius 3 is 2.62 bits per heavy atom. The van der Waals surface area contributed by atoms with Gasteiger partial charge in [0.15, 0.2) is 0 Å². The lowest BCUT2D eigenvalue weighted by Gasteiger charge is -2.33. The second-order valence-electron chi connectivity index (χ2n) is 8.22. The number of para-hydroxylation sites is 2. The van der Waals surface area contributed by atoms with Crippen LogP contribution in [0, 0.1) is 5.92 Å². The van der Waals surface area contributed by atoms with Crippen molar-refractivity contribution in [1.82, 2.24) is 19.8 Å². The summed E-state index contributed by atoms with van der Waals surface area (Å²) in [4.78, 5) is 32.5. The maximum atomic E-state index is 13.1. The number of aromatic nitrogens is 2. The first-order valence-corrected chi connectivity index (χ1v) is 11.0. The highest BCUT2D eigenvalue weighted by Gasteiger charge is 2.26. The zero-order valence-corrected chi connectivity index (χ0v) is 18.1. The quantitative estimate of drug-likeness (QED) is 0.765. The molecule has 6 heteroatoms. The molecule has 2 atom stereocenters. The van der Waals surface area contributed by atoms with Crippen LogP contribution in [0.25, 0.3) is 11.0 Å². The van der Waals surface area contributed by atoms with Crippen molar-refractivity contribution in [3.63, 3.8) is 0 Å². The maximum Gasteiger partial charge on any atom is 0.242 e. The minimum absolute atomic E-state index is 0.00566. The minimum Gasteiger partial charge on any atom is -0.346 e. The fourth-order valence-corrected chi connectivity index (χ4v) is 4.34. The van der Waals surface area contributed by atoms with Crippen LogP contribution in [0.4, 0.5) is 0 Å². The van der Waals surface area contributed by atoms with E-state index in [1.54, 1.807) is 0 Å². The van der Waals surface area contributed by atoms with Crippen LogP contribution in [0.1, 0.15) is 71.7 Å². The van der Waals surface area contributed by atoms with Crippen LogP contribution >= 0.6 is 0 Å². The monoisotopic (exact) mass is 398 g/mol. The molecule has 1 saturated heterocycles. The van der Waals surface area contributed by atoms with E-state index in [0.717, 1.165) is 49.1 Å². The van der Waals surface area contributed by atoms with Crippen LogP contribution in [-0.2, 0) is 16.1 Å². The van der Waals surface area contributed by atoms with E-state index in [1.165, 1.54) is 6.42 Å². The van der Waals surface area contributed by atoms with Crippen LogP contribution in [-0.4, -0.2) is 38.9 Å². The number of imidazole rings is 1. The Labute approximate surface area is 173 Å². The molecule has 2 unspecified atom stereocenters. The lowest BCUT2D eigenvalue weighted by molar-refractivity contribution is -0.135. The minimum atomic E-state index is -0.262. The Morgan fingerprint density at radius 1 is 1.21 bits per heavy atom. The van der Waals surface area contributed by atoms with Crippen LogP contribution < -0.4 is 5.32 Å². The Balaban J connectivity index is 1.87. The maximum absolute atomic E-state index is 13.1. The van der Waals surface area contributed by atoms with Gasteiger partial charge in [0.2, 0.25) is 11.8 Å². The average Bonchev–Trinajstić information content (AvgIpc) is 3.08. The molecule has 1 aliphatic heterocycles. The highest BCUT2D eigenvalue weighted by molar-refractivity contribution is 5.82. The number of rotatable bonds is 7. The smallest absolute Gasteiger partial charge is 0.242 e. The highest BCUT2D eigenvalue weighted by atomic mass is 16.2. The summed E-state index contributed by atoms with van der Waals surface area (Å²) in [5.74, 6) is 0.923. The second-order valence-corrected chi connectivity index (χ2v) is 8.22. The molecule has 29 heavy (non-hydrogen) atoms. The summed E-state index contributed by atoms with van der Waals surface area (Å²) in [6, 6.07) is 7.88. The van der Waals surface area contributed by atoms with E-state index in [9.17, 15) is 9.59 Å². The number of carbonyl (C=O) groups excluding carboxylic acids is 2. The standard InChI is InChI=1S/C23H34N4O2/c1-5-18(6-2)23(29)24-17(4)22-25-19-12-7-8-13-20(19)27(22)15-21(28)26-14-10-9-11-16(26)3/h7-8,12-13,16-18H,5-6,9-11,14-15H2,1-4H3,(H,24,29). The van der Waals surface area contributed by atoms with E-state index in [2.05, 4.69) is 12.2 Å². The summed E-state index contributed by atoms with van der Waals surface area (Å²) < 4.78 is 1.98. The normalized spacial score (nSPS) is 18.2. The summed E-state index contributed by atoms with van der Waals surface area (Å²) in [5, 5.41) is 3.11. The summed E-state index contributed by atoms with van der Waals surface area (Å²) in [6.45, 7) is 9.22. The van der Waals surface area contributed by atoms with Gasteiger partial charge in [0.25, 0.3) is 0 Å². The molecule has 0 saturated carbocycles. The molecule has 1 aromatic carbocycles. The van der Waals surface area contributed by atoms with Gasteiger partial charge in [-0.25, -0.2) is 4.98 Å². The van der Waals surface area contributed by atoms with Crippen LogP contribution in [0.5, 0.6) is 0 Å². The van der Waals surface area contributed by atoms with Gasteiger partial charge in [0.05, 0.1) is 17.1 Å². The lowest BCUT2D eigenvalue weighted by atomic mass is 10.0. The molecule has 158 valence electrons. The van der Waals surface area contributed by atoms with E-state index in [0.29, 0.717) is 0 Å². The average molecular weight is 399 g/mol. The van der Waals surface area contributed by atoms with Crippen molar-refractivity contribution in [2.75, 3.05) is 6.54 Å². The topological polar surface area (TPSA) is 67.2 Å². The largest absolute Gasteiger partial charge is 0.346 e. The van der Waals surface area contributed by atoms with E-state index >= 15 is 0 Å². The molecule has 2 heterocycles. The molecule has 6 nitrogen and oxygen atoms in total. The Kier molecular flexibility index (Phi) is 6.93. The van der Waals surface area contributed by atoms with Crippen molar-refractivity contribution in [3.8, 4) is 0 Å². The Hall–Kier alpha value is -2.37. The van der Waals surface area contributed by atoms with Gasteiger partial charge in [-0.15, -0.1) is 0 Å². The molecule has 1 fully saturated rings. The number of nitrogens with one attached hydrogen (secondary N) is 1. The van der Waals surface area contributed by atoms with Gasteiger partial charge in [-0.2, -0.15) is 0 Å². The van der Waals surface area contributed by atoms with Gasteiger partial charge in [0, 0.05) is 18.5 Å². The second kappa shape index (κ2) is 9.42. The first-order chi connectivity index (χ1) is 14.0. The summed E-state index contributed by atoms with van der Waals surface area (Å²) in [5.41, 5.74) is 1.79. The number of carbonyl (C=O) groups is 2. The molecule has 0 radical (unpaired) electrons. The van der Waals surface area contributed by atoms with Gasteiger partial charge in [-0.05, 0) is 58.1 Å². The van der Waals surface area contributed by atoms with Crippen molar-refractivity contribution >= 4 is 22.8 Å². The van der Waals surface area contributed by atoms with Gasteiger partial charge >= 0.3 is 0 Å². The summed E-state index contributed by atoms with van der Waals surface area (Å²) in [6.07, 6.45) is 4.94. The fraction of sp³-hybridized carbons (Fsp3) is 0.609. The van der Waals surface area contributed by atoms with E-state index in [-0.39, 0.29) is 36.4 Å². The molecule has 1 N–H and O–H groups in total. The van der Waals surface area contributed by atoms with Crippen LogP contribution in [0.2, 0.25) is 0 Å². The van der Waals surface area contributed by atoms with Crippen molar-refractivity contribution in [1.29, 1.82) is 0 Å². The van der Waals surface area contributed by atoms with Crippen LogP contribution in [0.3, 0.4) is 0 Å². The van der Waals surface area contributed by atoms with Gasteiger partial charge in [-0.1, -0.05) is 26.0 Å². The number of benzene rings is 1. The summed E-state index contributed by atoms with van der Waals surface area (Å²) in [7, 11) is 0. The van der Waals surface area contributed by atoms with E-state index < -0.39 is 0 Å². The molecule has 2 amide bonds. The molecule has 0 spiro atoms. The molecule has 0 bridgehead atoms. The van der Waals surface area contributed by atoms with E-state index in [1.807, 2.05) is 54.5 Å². The molecular weight excluding hydrogens is 364 g/mol. The predicted molar refractivity (Wildman–Crippen MR) is 115 cm³/mol. The number of amides is 2. The van der Waals surface area contributed by atoms with Gasteiger partial charge in [-0.3, -0.25) is 9.59 Å². The number of likely N-dealkylation sites (tertiary alicyclic amines) is 1. The number of nitrogens with zero attached hydrogens (tertiary/aromatic N) is 3. The highest BCUT2D eigenvalue weighted by Crippen LogP contribution is 2.23. The first kappa shape index (κ1) is 21.3. The van der Waals surface area contributed by atoms with Gasteiger partial charge < -0.3 is 14.8 Å². The third kappa shape index (κ3) is 4.62. The molecular formula is C23H34N4O2. The first-order valence-electron chi connectivity index (χ1n) is 11.0. The summed E-state index contributed by atoms with van der Waals surface area (Å²) >= 11 is 0. The Morgan fingerprint density at radius 2 is 1.93 bits per heavy atom. The molecule has 0 aliphatic carbocycles. The van der Waals surface area contributed by atoms with Crippen molar-refractivity contribution < 1.29 is 9.59 Å². The predicted octanol–water partition coefficient (Wildman–Crippen LogP) is 4.05. The molecule has 3 rings (SSSR count). The third-order valence-electron chi connectivity index (χ3n) is 6.20. The number of piperidine rings is 1. The van der Waals surface area contributed by atoms with E-state index in [4.69, 9.17) is 4.98 Å². The van der Waals surface area contributed by atoms with Crippen molar-refractivity contribution in [3.05, 3.63) is 30.1 Å². The van der Waals surface area contributed by atoms with Gasteiger partial charge in [0.1, 0.15) is 12.4 Å².